The fourth-order valence-electron chi connectivity index (χ4n) is 7.58. The van der Waals surface area contributed by atoms with Crippen molar-refractivity contribution in [1.82, 2.24) is 14.4 Å². The van der Waals surface area contributed by atoms with E-state index in [-0.39, 0.29) is 64.9 Å². The summed E-state index contributed by atoms with van der Waals surface area (Å²) in [6.45, 7) is 2.24. The topological polar surface area (TPSA) is 102 Å². The first-order chi connectivity index (χ1) is 23.2. The van der Waals surface area contributed by atoms with E-state index < -0.39 is 11.7 Å². The lowest BCUT2D eigenvalue weighted by Gasteiger charge is -2.29. The van der Waals surface area contributed by atoms with Gasteiger partial charge < -0.3 is 33.8 Å². The van der Waals surface area contributed by atoms with Crippen LogP contribution in [0.1, 0.15) is 48.0 Å². The molecule has 1 saturated carbocycles. The molecule has 2 amide bonds. The number of halogens is 2. The van der Waals surface area contributed by atoms with Gasteiger partial charge in [0.15, 0.2) is 0 Å². The van der Waals surface area contributed by atoms with Gasteiger partial charge in [-0.2, -0.15) is 0 Å². The number of fused-ring (bicyclic) bond motifs is 1. The molecule has 10 nitrogen and oxygen atoms in total. The molecule has 3 aromatic rings. The Morgan fingerprint density at radius 3 is 2.44 bits per heavy atom. The highest BCUT2D eigenvalue weighted by Gasteiger charge is 2.43. The Balaban J connectivity index is 1.15. The third kappa shape index (κ3) is 7.30. The monoisotopic (exact) mass is 682 g/mol. The van der Waals surface area contributed by atoms with Gasteiger partial charge in [0.2, 0.25) is 5.91 Å². The van der Waals surface area contributed by atoms with Gasteiger partial charge in [-0.05, 0) is 55.9 Å². The number of nitrogens with zero attached hydrogens (tertiary/aromatic N) is 3. The largest absolute Gasteiger partial charge is 0.377 e. The molecular weight excluding hydrogens is 639 g/mol. The average Bonchev–Trinajstić information content (AvgIpc) is 3.81. The molecule has 12 heteroatoms. The molecule has 0 radical (unpaired) electrons. The van der Waals surface area contributed by atoms with Gasteiger partial charge in [-0.25, -0.2) is 4.39 Å². The number of hydrogen-bond donors (Lipinski definition) is 1. The zero-order valence-electron chi connectivity index (χ0n) is 27.7. The van der Waals surface area contributed by atoms with E-state index in [1.807, 2.05) is 40.8 Å². The smallest absolute Gasteiger partial charge is 0.257 e. The third-order valence-electron chi connectivity index (χ3n) is 10.4. The van der Waals surface area contributed by atoms with E-state index >= 15 is 4.39 Å². The number of aryl methyl sites for hydroxylation is 1. The summed E-state index contributed by atoms with van der Waals surface area (Å²) in [5, 5.41) is 3.66. The Morgan fingerprint density at radius 2 is 1.75 bits per heavy atom. The molecule has 2 saturated heterocycles. The number of nitrogens with one attached hydrogen (secondary N) is 1. The van der Waals surface area contributed by atoms with E-state index in [2.05, 4.69) is 10.2 Å². The molecule has 0 unspecified atom stereocenters. The van der Waals surface area contributed by atoms with Crippen molar-refractivity contribution in [3.8, 4) is 0 Å². The number of carbonyl (C=O) groups is 3. The number of ether oxygens (including phenoxy) is 3. The number of hydrogen-bond acceptors (Lipinski definition) is 7. The number of anilines is 1. The maximum absolute atomic E-state index is 15.6. The number of amides is 2. The SMILES string of the molecule is CO[C@H]1CN([C@H]2C[C@@H](COC3CCC(C=O)CC3)N(C(=O)Cc3cc(Cl)c(NC(=O)c4cn(C)c5ccccc45)cc3F)C2)C[C@H]1OC. The molecular formula is C36H44ClFN4O6. The second kappa shape index (κ2) is 15.0. The Bertz CT molecular complexity index is 1630. The number of aldehydes is 1. The Morgan fingerprint density at radius 1 is 1.04 bits per heavy atom. The van der Waals surface area contributed by atoms with Crippen LogP contribution in [0.15, 0.2) is 42.6 Å². The Kier molecular flexibility index (Phi) is 10.8. The van der Waals surface area contributed by atoms with Crippen LogP contribution in [0.4, 0.5) is 10.1 Å². The molecule has 48 heavy (non-hydrogen) atoms. The highest BCUT2D eigenvalue weighted by molar-refractivity contribution is 6.34. The van der Waals surface area contributed by atoms with Crippen molar-refractivity contribution in [3.63, 3.8) is 0 Å². The summed E-state index contributed by atoms with van der Waals surface area (Å²) in [5.41, 5.74) is 1.64. The summed E-state index contributed by atoms with van der Waals surface area (Å²) in [5.74, 6) is -1.15. The van der Waals surface area contributed by atoms with E-state index in [4.69, 9.17) is 25.8 Å². The summed E-state index contributed by atoms with van der Waals surface area (Å²) < 4.78 is 35.0. The van der Waals surface area contributed by atoms with Crippen LogP contribution in [0.25, 0.3) is 10.9 Å². The minimum atomic E-state index is -0.623. The van der Waals surface area contributed by atoms with E-state index in [0.29, 0.717) is 38.2 Å². The first-order valence-electron chi connectivity index (χ1n) is 16.7. The van der Waals surface area contributed by atoms with Crippen LogP contribution in [-0.2, 0) is 37.3 Å². The number of aromatic nitrogens is 1. The molecule has 0 spiro atoms. The zero-order valence-corrected chi connectivity index (χ0v) is 28.5. The summed E-state index contributed by atoms with van der Waals surface area (Å²) in [7, 11) is 5.22. The molecule has 3 fully saturated rings. The van der Waals surface area contributed by atoms with Crippen LogP contribution in [0.3, 0.4) is 0 Å². The van der Waals surface area contributed by atoms with Crippen molar-refractivity contribution < 1.29 is 33.0 Å². The van der Waals surface area contributed by atoms with Crippen molar-refractivity contribution >= 4 is 46.3 Å². The molecule has 258 valence electrons. The Labute approximate surface area is 285 Å². The lowest BCUT2D eigenvalue weighted by Crippen LogP contribution is -2.41. The van der Waals surface area contributed by atoms with Crippen LogP contribution >= 0.6 is 11.6 Å². The first kappa shape index (κ1) is 34.5. The van der Waals surface area contributed by atoms with Crippen LogP contribution in [0, 0.1) is 11.7 Å². The molecule has 2 aromatic carbocycles. The van der Waals surface area contributed by atoms with Crippen LogP contribution in [0.2, 0.25) is 5.02 Å². The third-order valence-corrected chi connectivity index (χ3v) is 10.7. The number of methoxy groups -OCH3 is 2. The number of likely N-dealkylation sites (tertiary alicyclic amines) is 2. The lowest BCUT2D eigenvalue weighted by atomic mass is 9.88. The number of carbonyl (C=O) groups excluding carboxylic acids is 3. The molecule has 1 N–H and O–H groups in total. The molecule has 3 heterocycles. The second-order valence-electron chi connectivity index (χ2n) is 13.3. The highest BCUT2D eigenvalue weighted by Crippen LogP contribution is 2.32. The predicted molar refractivity (Wildman–Crippen MR) is 181 cm³/mol. The van der Waals surface area contributed by atoms with Crippen LogP contribution < -0.4 is 5.32 Å². The number of rotatable bonds is 11. The summed E-state index contributed by atoms with van der Waals surface area (Å²) >= 11 is 6.57. The number of benzene rings is 2. The standard InChI is InChI=1S/C36H44ClFN4O6/c1-40-17-28(27-6-4-5-7-32(27)40)36(45)39-31-15-30(38)23(12-29(31)37)13-35(44)42-16-24(41-18-33(46-2)34(19-41)47-3)14-25(42)21-48-26-10-8-22(20-43)9-11-26/h4-7,12,15,17,20,22,24-26,33-34H,8-11,13-14,16,18-19,21H2,1-3H3,(H,39,45)/t22?,24-,25-,26?,33-,34+/m0/s1. The van der Waals surface area contributed by atoms with Crippen molar-refractivity contribution in [2.24, 2.45) is 13.0 Å². The minimum absolute atomic E-state index is 0.0487. The number of para-hydroxylation sites is 1. The molecule has 2 aliphatic heterocycles. The maximum Gasteiger partial charge on any atom is 0.257 e. The van der Waals surface area contributed by atoms with E-state index in [1.165, 1.54) is 12.1 Å². The zero-order chi connectivity index (χ0) is 33.9. The van der Waals surface area contributed by atoms with Crippen molar-refractivity contribution in [3.05, 3.63) is 64.6 Å². The van der Waals surface area contributed by atoms with Crippen LogP contribution in [0.5, 0.6) is 0 Å². The van der Waals surface area contributed by atoms with Crippen molar-refractivity contribution in [2.75, 3.05) is 45.8 Å². The maximum atomic E-state index is 15.6. The van der Waals surface area contributed by atoms with Gasteiger partial charge in [0.1, 0.15) is 12.1 Å². The fraction of sp³-hybridized carbons (Fsp3) is 0.528. The van der Waals surface area contributed by atoms with Gasteiger partial charge in [-0.15, -0.1) is 0 Å². The highest BCUT2D eigenvalue weighted by atomic mass is 35.5. The Hall–Kier alpha value is -3.35. The van der Waals surface area contributed by atoms with Crippen molar-refractivity contribution in [1.29, 1.82) is 0 Å². The molecule has 1 aromatic heterocycles. The quantitative estimate of drug-likeness (QED) is 0.289. The fourth-order valence-corrected chi connectivity index (χ4v) is 7.81. The second-order valence-corrected chi connectivity index (χ2v) is 13.7. The van der Waals surface area contributed by atoms with Crippen molar-refractivity contribution in [2.45, 2.75) is 68.9 Å². The lowest BCUT2D eigenvalue weighted by molar-refractivity contribution is -0.133. The average molecular weight is 683 g/mol. The van der Waals surface area contributed by atoms with Gasteiger partial charge >= 0.3 is 0 Å². The summed E-state index contributed by atoms with van der Waals surface area (Å²) in [4.78, 5) is 42.4. The van der Waals surface area contributed by atoms with Gasteiger partial charge in [0.25, 0.3) is 5.91 Å². The summed E-state index contributed by atoms with van der Waals surface area (Å²) in [6.07, 6.45) is 6.48. The summed E-state index contributed by atoms with van der Waals surface area (Å²) in [6, 6.07) is 10.0. The molecule has 0 bridgehead atoms. The van der Waals surface area contributed by atoms with E-state index in [9.17, 15) is 14.4 Å². The minimum Gasteiger partial charge on any atom is -0.377 e. The van der Waals surface area contributed by atoms with Gasteiger partial charge in [0.05, 0.1) is 53.7 Å². The normalized spacial score (nSPS) is 26.3. The predicted octanol–water partition coefficient (Wildman–Crippen LogP) is 4.86. The molecule has 6 rings (SSSR count). The van der Waals surface area contributed by atoms with E-state index in [1.54, 1.807) is 20.4 Å². The van der Waals surface area contributed by atoms with E-state index in [0.717, 1.165) is 42.9 Å². The van der Waals surface area contributed by atoms with Gasteiger partial charge in [-0.3, -0.25) is 14.5 Å². The molecule has 3 aliphatic rings. The van der Waals surface area contributed by atoms with Gasteiger partial charge in [0, 0.05) is 70.0 Å². The van der Waals surface area contributed by atoms with Crippen LogP contribution in [-0.4, -0.2) is 103 Å². The molecule has 1 aliphatic carbocycles. The molecule has 4 atom stereocenters. The first-order valence-corrected chi connectivity index (χ1v) is 17.1. The van der Waals surface area contributed by atoms with Gasteiger partial charge in [-0.1, -0.05) is 29.8 Å².